The average Bonchev–Trinajstić information content (AvgIpc) is 2.86. The van der Waals surface area contributed by atoms with E-state index < -0.39 is 0 Å². The van der Waals surface area contributed by atoms with E-state index in [2.05, 4.69) is 38.8 Å². The van der Waals surface area contributed by atoms with Crippen LogP contribution in [0.15, 0.2) is 83.9 Å². The summed E-state index contributed by atoms with van der Waals surface area (Å²) in [5.74, 6) is 0.381. The Balaban J connectivity index is 0.00000320. The van der Waals surface area contributed by atoms with Crippen molar-refractivity contribution in [1.82, 2.24) is 4.98 Å². The first-order chi connectivity index (χ1) is 17.3. The van der Waals surface area contributed by atoms with Crippen molar-refractivity contribution < 1.29 is 31.3 Å². The summed E-state index contributed by atoms with van der Waals surface area (Å²) < 4.78 is 0. The fourth-order valence-electron chi connectivity index (χ4n) is 4.85. The van der Waals surface area contributed by atoms with E-state index >= 15 is 0 Å². The molecule has 0 aliphatic heterocycles. The number of hydrogen-bond acceptors (Lipinski definition) is 4. The Bertz CT molecular complexity index is 1650. The summed E-state index contributed by atoms with van der Waals surface area (Å²) >= 11 is 0. The summed E-state index contributed by atoms with van der Waals surface area (Å²) in [6.45, 7) is 8.51. The number of phenols is 2. The van der Waals surface area contributed by atoms with Gasteiger partial charge in [-0.3, -0.25) is 4.99 Å². The fourth-order valence-corrected chi connectivity index (χ4v) is 4.85. The van der Waals surface area contributed by atoms with Crippen LogP contribution in [0.1, 0.15) is 27.9 Å². The van der Waals surface area contributed by atoms with Crippen molar-refractivity contribution in [1.29, 1.82) is 0 Å². The summed E-state index contributed by atoms with van der Waals surface area (Å²) in [7, 11) is 0. The Hall–Kier alpha value is -3.75. The van der Waals surface area contributed by atoms with E-state index in [1.165, 1.54) is 22.3 Å². The average molecular weight is 668 g/mol. The molecule has 4 aromatic carbocycles. The van der Waals surface area contributed by atoms with Gasteiger partial charge in [0.25, 0.3) is 0 Å². The molecule has 0 fully saturated rings. The van der Waals surface area contributed by atoms with Crippen LogP contribution in [0.3, 0.4) is 0 Å². The zero-order chi connectivity index (χ0) is 25.4. The minimum absolute atomic E-state index is 0. The van der Waals surface area contributed by atoms with E-state index in [9.17, 15) is 10.2 Å². The van der Waals surface area contributed by atoms with Gasteiger partial charge in [0.05, 0.1) is 23.3 Å². The van der Waals surface area contributed by atoms with E-state index in [-0.39, 0.29) is 32.6 Å². The Morgan fingerprint density at radius 1 is 0.730 bits per heavy atom. The van der Waals surface area contributed by atoms with Crippen molar-refractivity contribution in [2.45, 2.75) is 27.7 Å². The van der Waals surface area contributed by atoms with Gasteiger partial charge in [-0.05, 0) is 103 Å². The number of aliphatic imine (C=N–C) groups is 1. The number of aryl methyl sites for hydroxylation is 2. The van der Waals surface area contributed by atoms with E-state index in [0.717, 1.165) is 16.5 Å². The molecule has 0 atom stereocenters. The van der Waals surface area contributed by atoms with Crippen LogP contribution in [-0.4, -0.2) is 21.4 Å². The molecule has 0 saturated heterocycles. The maximum absolute atomic E-state index is 11.0. The van der Waals surface area contributed by atoms with Crippen LogP contribution in [0.4, 0.5) is 5.69 Å². The van der Waals surface area contributed by atoms with Crippen molar-refractivity contribution >= 4 is 22.7 Å². The van der Waals surface area contributed by atoms with E-state index in [0.29, 0.717) is 28.0 Å². The van der Waals surface area contributed by atoms with Crippen molar-refractivity contribution in [3.8, 4) is 33.9 Å². The smallest absolute Gasteiger partial charge is 0.125 e. The van der Waals surface area contributed by atoms with Gasteiger partial charge in [0.15, 0.2) is 0 Å². The molecule has 0 spiro atoms. The normalized spacial score (nSPS) is 11.1. The molecule has 0 bridgehead atoms. The Labute approximate surface area is 231 Å². The van der Waals surface area contributed by atoms with Crippen LogP contribution in [0.5, 0.6) is 11.5 Å². The molecule has 5 heteroatoms. The molecule has 0 aliphatic rings. The summed E-state index contributed by atoms with van der Waals surface area (Å²) in [5.41, 5.74) is 9.77. The maximum Gasteiger partial charge on any atom is 0.125 e. The molecule has 37 heavy (non-hydrogen) atoms. The zero-order valence-corrected chi connectivity index (χ0v) is 23.5. The van der Waals surface area contributed by atoms with Crippen LogP contribution in [0, 0.1) is 27.7 Å². The van der Waals surface area contributed by atoms with Crippen LogP contribution in [-0.2, 0) is 21.1 Å². The molecule has 2 N–H and O–H groups in total. The first kappa shape index (κ1) is 26.3. The molecule has 1 aromatic heterocycles. The van der Waals surface area contributed by atoms with Gasteiger partial charge < -0.3 is 10.2 Å². The monoisotopic (exact) mass is 667 g/mol. The summed E-state index contributed by atoms with van der Waals surface area (Å²) in [5, 5.41) is 22.9. The fraction of sp³-hybridized carbons (Fsp3) is 0.125. The molecule has 0 amide bonds. The Morgan fingerprint density at radius 2 is 1.46 bits per heavy atom. The van der Waals surface area contributed by atoms with Gasteiger partial charge in [-0.15, -0.1) is 0 Å². The number of rotatable bonds is 4. The molecule has 5 rings (SSSR count). The van der Waals surface area contributed by atoms with Gasteiger partial charge in [-0.25, -0.2) is 4.98 Å². The quantitative estimate of drug-likeness (QED) is 0.191. The van der Waals surface area contributed by atoms with Crippen molar-refractivity contribution in [2.75, 3.05) is 0 Å². The van der Waals surface area contributed by atoms with Crippen molar-refractivity contribution in [3.63, 3.8) is 0 Å². The third-order valence-electron chi connectivity index (χ3n) is 6.89. The Kier molecular flexibility index (Phi) is 7.61. The number of aromatic nitrogens is 1. The van der Waals surface area contributed by atoms with Crippen molar-refractivity contribution in [3.05, 3.63) is 107 Å². The van der Waals surface area contributed by atoms with Gasteiger partial charge in [-0.1, -0.05) is 42.5 Å². The van der Waals surface area contributed by atoms with Gasteiger partial charge in [0.1, 0.15) is 11.5 Å². The molecule has 4 nitrogen and oxygen atoms in total. The second kappa shape index (κ2) is 10.7. The third-order valence-corrected chi connectivity index (χ3v) is 6.89. The first-order valence-electron chi connectivity index (χ1n) is 12.0. The molecule has 1 heterocycles. The predicted octanol–water partition coefficient (Wildman–Crippen LogP) is 7.96. The number of fused-ring (bicyclic) bond motifs is 1. The zero-order valence-electron chi connectivity index (χ0n) is 21.2. The third kappa shape index (κ3) is 5.08. The predicted molar refractivity (Wildman–Crippen MR) is 149 cm³/mol. The van der Waals surface area contributed by atoms with E-state index in [4.69, 9.17) is 4.98 Å². The van der Waals surface area contributed by atoms with Gasteiger partial charge in [-0.2, -0.15) is 0 Å². The van der Waals surface area contributed by atoms with Gasteiger partial charge >= 0.3 is 0 Å². The molecule has 188 valence electrons. The topological polar surface area (TPSA) is 65.7 Å². The number of phenolic OH excluding ortho intramolecular Hbond substituents is 2. The van der Waals surface area contributed by atoms with Crippen LogP contribution in [0.2, 0.25) is 0 Å². The summed E-state index contributed by atoms with van der Waals surface area (Å²) in [4.78, 5) is 9.31. The number of aromatic hydroxyl groups is 2. The Morgan fingerprint density at radius 3 is 2.22 bits per heavy atom. The van der Waals surface area contributed by atoms with Crippen LogP contribution < -0.4 is 0 Å². The summed E-state index contributed by atoms with van der Waals surface area (Å²) in [6, 6.07) is 24.8. The van der Waals surface area contributed by atoms with E-state index in [1.54, 1.807) is 12.3 Å². The molecule has 0 unspecified atom stereocenters. The number of hydrogen-bond donors (Lipinski definition) is 2. The number of nitrogens with zero attached hydrogens (tertiary/aromatic N) is 2. The SMILES string of the molecule is Cc1cc(C)c(-c2ccc(-c3cccc(C=Nc4cccc5cccc(O)c45)n3)c(O)c2)c(C)c1C.[Pt]. The molecule has 0 saturated carbocycles. The van der Waals surface area contributed by atoms with E-state index in [1.807, 2.05) is 66.7 Å². The number of benzene rings is 4. The second-order valence-corrected chi connectivity index (χ2v) is 9.23. The van der Waals surface area contributed by atoms with Crippen LogP contribution in [0.25, 0.3) is 33.2 Å². The second-order valence-electron chi connectivity index (χ2n) is 9.23. The van der Waals surface area contributed by atoms with Gasteiger partial charge in [0, 0.05) is 32.0 Å². The molecule has 0 aliphatic carbocycles. The minimum Gasteiger partial charge on any atom is -0.507 e. The molecular formula is C32H28N2O2Pt. The molecule has 5 aromatic rings. The summed E-state index contributed by atoms with van der Waals surface area (Å²) in [6.07, 6.45) is 1.68. The number of pyridine rings is 1. The van der Waals surface area contributed by atoms with Crippen LogP contribution >= 0.6 is 0 Å². The van der Waals surface area contributed by atoms with Crippen molar-refractivity contribution in [2.24, 2.45) is 4.99 Å². The van der Waals surface area contributed by atoms with Gasteiger partial charge in [0.2, 0.25) is 0 Å². The minimum atomic E-state index is 0. The standard InChI is InChI=1S/C32H28N2O2.Pt/c1-19-16-20(2)31(22(4)21(19)3)24-14-15-26(30(36)17-24)27-11-7-10-25(34-27)18-33-28-12-5-8-23-9-6-13-29(35)32(23)28;/h5-18,35-36H,1-4H3;. The largest absolute Gasteiger partial charge is 0.507 e. The first-order valence-corrected chi connectivity index (χ1v) is 12.0. The molecule has 0 radical (unpaired) electrons. The molecular weight excluding hydrogens is 639 g/mol. The maximum atomic E-state index is 11.0.